The summed E-state index contributed by atoms with van der Waals surface area (Å²) in [6.07, 6.45) is 2.44. The van der Waals surface area contributed by atoms with Crippen LogP contribution in [0.3, 0.4) is 0 Å². The van der Waals surface area contributed by atoms with Gasteiger partial charge in [0.15, 0.2) is 0 Å². The third-order valence-corrected chi connectivity index (χ3v) is 5.03. The number of phosphoric ester groups is 1. The van der Waals surface area contributed by atoms with Crippen LogP contribution in [-0.4, -0.2) is 13.2 Å². The average Bonchev–Trinajstić information content (AvgIpc) is 2.76. The zero-order valence-electron chi connectivity index (χ0n) is 17.5. The van der Waals surface area contributed by atoms with Crippen molar-refractivity contribution in [2.24, 2.45) is 0 Å². The van der Waals surface area contributed by atoms with E-state index in [1.54, 1.807) is 72.8 Å². The smallest absolute Gasteiger partial charge is 0.386 e. The zero-order valence-corrected chi connectivity index (χ0v) is 18.4. The Morgan fingerprint density at radius 3 is 1.30 bits per heavy atom. The van der Waals surface area contributed by atoms with Crippen LogP contribution in [0.4, 0.5) is 0 Å². The van der Waals surface area contributed by atoms with Crippen LogP contribution in [0.5, 0.6) is 17.2 Å². The summed E-state index contributed by atoms with van der Waals surface area (Å²) in [5.74, 6) is 1.22. The molecule has 0 unspecified atom stereocenters. The highest BCUT2D eigenvalue weighted by atomic mass is 31.2. The number of para-hydroxylation sites is 3. The Morgan fingerprint density at radius 2 is 1.00 bits per heavy atom. The van der Waals surface area contributed by atoms with Crippen LogP contribution >= 0.6 is 7.82 Å². The fourth-order valence-corrected chi connectivity index (χ4v) is 3.53. The van der Waals surface area contributed by atoms with Crippen LogP contribution in [0.1, 0.15) is 26.7 Å². The Balaban J connectivity index is 0.000000396. The highest BCUT2D eigenvalue weighted by Gasteiger charge is 2.33. The Hall–Kier alpha value is -2.75. The normalized spacial score (nSPS) is 10.5. The molecule has 0 atom stereocenters. The second-order valence-corrected chi connectivity index (χ2v) is 7.65. The van der Waals surface area contributed by atoms with E-state index in [4.69, 9.17) is 18.3 Å². The maximum absolute atomic E-state index is 13.1. The molecule has 0 aliphatic heterocycles. The van der Waals surface area contributed by atoms with Gasteiger partial charge in [0.05, 0.1) is 0 Å². The minimum Gasteiger partial charge on any atom is -0.386 e. The maximum atomic E-state index is 13.1. The molecule has 3 aromatic carbocycles. The molecule has 6 heteroatoms. The summed E-state index contributed by atoms with van der Waals surface area (Å²) in [5, 5.41) is 0. The first-order valence-electron chi connectivity index (χ1n) is 10.1. The summed E-state index contributed by atoms with van der Waals surface area (Å²) >= 11 is 0. The van der Waals surface area contributed by atoms with E-state index in [0.29, 0.717) is 17.2 Å². The van der Waals surface area contributed by atoms with Crippen LogP contribution in [0, 0.1) is 0 Å². The molecular weight excluding hydrogens is 399 g/mol. The molecule has 3 aromatic rings. The largest absolute Gasteiger partial charge is 0.647 e. The van der Waals surface area contributed by atoms with Gasteiger partial charge in [0.2, 0.25) is 0 Å². The van der Waals surface area contributed by atoms with Gasteiger partial charge in [-0.15, -0.1) is 0 Å². The number of hydrogen-bond acceptors (Lipinski definition) is 5. The van der Waals surface area contributed by atoms with E-state index < -0.39 is 7.82 Å². The van der Waals surface area contributed by atoms with Crippen molar-refractivity contribution in [3.05, 3.63) is 91.0 Å². The van der Waals surface area contributed by atoms with Crippen molar-refractivity contribution in [2.45, 2.75) is 26.7 Å². The van der Waals surface area contributed by atoms with Crippen molar-refractivity contribution in [3.8, 4) is 17.2 Å². The predicted molar refractivity (Wildman–Crippen MR) is 120 cm³/mol. The second kappa shape index (κ2) is 13.5. The molecule has 0 saturated carbocycles. The molecule has 0 radical (unpaired) electrons. The van der Waals surface area contributed by atoms with Gasteiger partial charge >= 0.3 is 7.82 Å². The molecule has 0 heterocycles. The number of phosphoric acid groups is 1. The maximum Gasteiger partial charge on any atom is 0.647 e. The standard InChI is InChI=1S/C18H15O4P.C6H14O/c19-23(20-16-10-4-1-5-11-16,21-17-12-6-2-7-13-17)22-18-14-8-3-9-15-18;1-3-5-6-7-4-2/h1-15H;3-6H2,1-2H3. The molecule has 0 aromatic heterocycles. The summed E-state index contributed by atoms with van der Waals surface area (Å²) in [6.45, 7) is 5.99. The van der Waals surface area contributed by atoms with Gasteiger partial charge in [-0.1, -0.05) is 67.9 Å². The lowest BCUT2D eigenvalue weighted by atomic mass is 10.3. The topological polar surface area (TPSA) is 54.0 Å². The average molecular weight is 428 g/mol. The summed E-state index contributed by atoms with van der Waals surface area (Å²) in [7, 11) is -3.89. The number of ether oxygens (including phenoxy) is 1. The molecule has 0 amide bonds. The minimum atomic E-state index is -3.89. The summed E-state index contributed by atoms with van der Waals surface area (Å²) in [5.41, 5.74) is 0. The quantitative estimate of drug-likeness (QED) is 0.253. The molecule has 160 valence electrons. The van der Waals surface area contributed by atoms with Gasteiger partial charge in [-0.25, -0.2) is 0 Å². The van der Waals surface area contributed by atoms with E-state index in [1.807, 2.05) is 25.1 Å². The lowest BCUT2D eigenvalue weighted by molar-refractivity contribution is 0.144. The fourth-order valence-electron chi connectivity index (χ4n) is 2.28. The molecule has 0 aliphatic rings. The molecule has 0 bridgehead atoms. The minimum absolute atomic E-state index is 0.405. The van der Waals surface area contributed by atoms with E-state index in [1.165, 1.54) is 12.8 Å². The molecule has 0 N–H and O–H groups in total. The predicted octanol–water partition coefficient (Wildman–Crippen LogP) is 7.15. The third-order valence-electron chi connectivity index (χ3n) is 3.73. The molecular formula is C24H29O5P. The molecule has 3 rings (SSSR count). The van der Waals surface area contributed by atoms with Gasteiger partial charge in [0, 0.05) is 13.2 Å². The molecule has 0 spiro atoms. The Kier molecular flexibility index (Phi) is 10.6. The summed E-state index contributed by atoms with van der Waals surface area (Å²) in [4.78, 5) is 0. The van der Waals surface area contributed by atoms with Crippen molar-refractivity contribution in [2.75, 3.05) is 13.2 Å². The molecule has 0 fully saturated rings. The summed E-state index contributed by atoms with van der Waals surface area (Å²) in [6, 6.07) is 26.4. The third kappa shape index (κ3) is 9.17. The van der Waals surface area contributed by atoms with Gasteiger partial charge < -0.3 is 18.3 Å². The Morgan fingerprint density at radius 1 is 0.633 bits per heavy atom. The molecule has 5 nitrogen and oxygen atoms in total. The van der Waals surface area contributed by atoms with Crippen LogP contribution in [-0.2, 0) is 9.30 Å². The Bertz CT molecular complexity index is 744. The number of rotatable bonds is 10. The van der Waals surface area contributed by atoms with Gasteiger partial charge in [0.25, 0.3) is 0 Å². The van der Waals surface area contributed by atoms with Crippen molar-refractivity contribution in [3.63, 3.8) is 0 Å². The fraction of sp³-hybridized carbons (Fsp3) is 0.250. The van der Waals surface area contributed by atoms with Crippen LogP contribution in [0.2, 0.25) is 0 Å². The van der Waals surface area contributed by atoms with Crippen LogP contribution in [0.15, 0.2) is 91.0 Å². The first-order chi connectivity index (χ1) is 14.6. The number of benzene rings is 3. The zero-order chi connectivity index (χ0) is 21.5. The van der Waals surface area contributed by atoms with Gasteiger partial charge in [-0.05, 0) is 49.7 Å². The number of unbranched alkanes of at least 4 members (excludes halogenated alkanes) is 1. The number of hydrogen-bond donors (Lipinski definition) is 0. The van der Waals surface area contributed by atoms with Gasteiger partial charge in [-0.3, -0.25) is 0 Å². The first-order valence-corrected chi connectivity index (χ1v) is 11.5. The van der Waals surface area contributed by atoms with E-state index in [2.05, 4.69) is 6.92 Å². The SMILES string of the molecule is CCCCOCC.O=P(Oc1ccccc1)(Oc1ccccc1)Oc1ccccc1. The molecule has 0 aliphatic carbocycles. The van der Waals surface area contributed by atoms with E-state index in [-0.39, 0.29) is 0 Å². The van der Waals surface area contributed by atoms with Crippen molar-refractivity contribution < 1.29 is 22.9 Å². The summed E-state index contributed by atoms with van der Waals surface area (Å²) < 4.78 is 34.7. The monoisotopic (exact) mass is 428 g/mol. The van der Waals surface area contributed by atoms with Crippen molar-refractivity contribution in [1.82, 2.24) is 0 Å². The highest BCUT2D eigenvalue weighted by molar-refractivity contribution is 7.49. The molecule has 0 saturated heterocycles. The van der Waals surface area contributed by atoms with Crippen LogP contribution in [0.25, 0.3) is 0 Å². The van der Waals surface area contributed by atoms with E-state index in [0.717, 1.165) is 13.2 Å². The first kappa shape index (κ1) is 23.5. The van der Waals surface area contributed by atoms with E-state index in [9.17, 15) is 4.57 Å². The van der Waals surface area contributed by atoms with Crippen molar-refractivity contribution >= 4 is 7.82 Å². The highest BCUT2D eigenvalue weighted by Crippen LogP contribution is 2.49. The lowest BCUT2D eigenvalue weighted by Crippen LogP contribution is -2.07. The second-order valence-electron chi connectivity index (χ2n) is 6.21. The lowest BCUT2D eigenvalue weighted by Gasteiger charge is -2.19. The van der Waals surface area contributed by atoms with Crippen molar-refractivity contribution in [1.29, 1.82) is 0 Å². The van der Waals surface area contributed by atoms with Crippen LogP contribution < -0.4 is 13.6 Å². The van der Waals surface area contributed by atoms with Gasteiger partial charge in [0.1, 0.15) is 17.2 Å². The van der Waals surface area contributed by atoms with E-state index >= 15 is 0 Å². The molecule has 30 heavy (non-hydrogen) atoms. The van der Waals surface area contributed by atoms with Gasteiger partial charge in [-0.2, -0.15) is 4.57 Å². The Labute approximate surface area is 179 Å².